The van der Waals surface area contributed by atoms with Crippen LogP contribution in [0.1, 0.15) is 11.1 Å². The summed E-state index contributed by atoms with van der Waals surface area (Å²) >= 11 is 0. The lowest BCUT2D eigenvalue weighted by Crippen LogP contribution is -2.16. The maximum atomic E-state index is 11.4. The van der Waals surface area contributed by atoms with Crippen LogP contribution in [0, 0.1) is 13.8 Å². The molecule has 0 aliphatic rings. The van der Waals surface area contributed by atoms with Gasteiger partial charge in [0.05, 0.1) is 0 Å². The molecule has 0 aliphatic heterocycles. The number of hydrogen-bond acceptors (Lipinski definition) is 2. The first-order valence-electron chi connectivity index (χ1n) is 3.92. The second-order valence-corrected chi connectivity index (χ2v) is 2.98. The molecule has 0 amide bonds. The molecular formula is C9H14N2O. The fourth-order valence-electron chi connectivity index (χ4n) is 1.45. The molecule has 1 aromatic rings. The first kappa shape index (κ1) is 8.84. The minimum atomic E-state index is 0.123. The van der Waals surface area contributed by atoms with Crippen LogP contribution in [0.2, 0.25) is 0 Å². The average molecular weight is 166 g/mol. The molecule has 3 heteroatoms. The van der Waals surface area contributed by atoms with Crippen molar-refractivity contribution in [2.75, 3.05) is 12.4 Å². The van der Waals surface area contributed by atoms with Gasteiger partial charge in [-0.1, -0.05) is 0 Å². The third kappa shape index (κ3) is 1.22. The fraction of sp³-hybridized carbons (Fsp3) is 0.444. The Morgan fingerprint density at radius 1 is 1.42 bits per heavy atom. The maximum absolute atomic E-state index is 11.4. The van der Waals surface area contributed by atoms with Crippen LogP contribution in [0.4, 0.5) is 5.82 Å². The number of pyridine rings is 1. The van der Waals surface area contributed by atoms with E-state index < -0.39 is 0 Å². The third-order valence-corrected chi connectivity index (χ3v) is 2.03. The summed E-state index contributed by atoms with van der Waals surface area (Å²) < 4.78 is 1.92. The molecule has 0 saturated heterocycles. The molecule has 12 heavy (non-hydrogen) atoms. The molecule has 0 radical (unpaired) electrons. The van der Waals surface area contributed by atoms with E-state index in [1.807, 2.05) is 38.7 Å². The predicted molar refractivity (Wildman–Crippen MR) is 50.7 cm³/mol. The van der Waals surface area contributed by atoms with Crippen molar-refractivity contribution in [1.29, 1.82) is 0 Å². The largest absolute Gasteiger partial charge is 0.374 e. The van der Waals surface area contributed by atoms with Crippen molar-refractivity contribution in [3.63, 3.8) is 0 Å². The zero-order chi connectivity index (χ0) is 9.30. The van der Waals surface area contributed by atoms with Gasteiger partial charge in [-0.05, 0) is 13.8 Å². The first-order valence-corrected chi connectivity index (χ1v) is 3.92. The van der Waals surface area contributed by atoms with Gasteiger partial charge in [0.25, 0.3) is 0 Å². The summed E-state index contributed by atoms with van der Waals surface area (Å²) in [6.07, 6.45) is 1.83. The molecule has 1 heterocycles. The topological polar surface area (TPSA) is 34.0 Å². The second kappa shape index (κ2) is 3.01. The summed E-state index contributed by atoms with van der Waals surface area (Å²) in [6, 6.07) is 0. The fourth-order valence-corrected chi connectivity index (χ4v) is 1.45. The lowest BCUT2D eigenvalue weighted by atomic mass is 10.2. The van der Waals surface area contributed by atoms with Crippen molar-refractivity contribution >= 4 is 5.82 Å². The van der Waals surface area contributed by atoms with Gasteiger partial charge in [-0.2, -0.15) is 0 Å². The van der Waals surface area contributed by atoms with Gasteiger partial charge in [-0.15, -0.1) is 0 Å². The van der Waals surface area contributed by atoms with Crippen LogP contribution in [0.3, 0.4) is 0 Å². The summed E-state index contributed by atoms with van der Waals surface area (Å²) in [4.78, 5) is 11.4. The summed E-state index contributed by atoms with van der Waals surface area (Å²) in [6.45, 7) is 3.66. The van der Waals surface area contributed by atoms with Crippen molar-refractivity contribution in [2.45, 2.75) is 13.8 Å². The Bertz CT molecular complexity index is 352. The first-order chi connectivity index (χ1) is 5.57. The van der Waals surface area contributed by atoms with Crippen molar-refractivity contribution in [1.82, 2.24) is 4.57 Å². The lowest BCUT2D eigenvalue weighted by Gasteiger charge is -2.11. The second-order valence-electron chi connectivity index (χ2n) is 2.98. The molecule has 0 spiro atoms. The average Bonchev–Trinajstić information content (AvgIpc) is 2.01. The molecule has 3 nitrogen and oxygen atoms in total. The van der Waals surface area contributed by atoms with Gasteiger partial charge in [0.1, 0.15) is 5.82 Å². The number of aromatic nitrogens is 1. The highest BCUT2D eigenvalue weighted by Gasteiger charge is 2.05. The van der Waals surface area contributed by atoms with Crippen molar-refractivity contribution in [3.05, 3.63) is 27.5 Å². The zero-order valence-electron chi connectivity index (χ0n) is 7.93. The standard InChI is InChI=1S/C9H14N2O/c1-6-5-11(4)9(10-3)7(2)8(6)12/h5,10H,1-4H3. The molecule has 0 bridgehead atoms. The Labute approximate surface area is 72.0 Å². The van der Waals surface area contributed by atoms with E-state index in [-0.39, 0.29) is 5.43 Å². The lowest BCUT2D eigenvalue weighted by molar-refractivity contribution is 0.885. The van der Waals surface area contributed by atoms with Gasteiger partial charge in [0.2, 0.25) is 0 Å². The van der Waals surface area contributed by atoms with Crippen molar-refractivity contribution in [2.24, 2.45) is 7.05 Å². The monoisotopic (exact) mass is 166 g/mol. The molecule has 0 saturated carbocycles. The molecule has 0 fully saturated rings. The molecule has 66 valence electrons. The molecule has 0 atom stereocenters. The number of aryl methyl sites for hydroxylation is 2. The van der Waals surface area contributed by atoms with Gasteiger partial charge in [-0.25, -0.2) is 0 Å². The minimum absolute atomic E-state index is 0.123. The summed E-state index contributed by atoms with van der Waals surface area (Å²) in [5, 5.41) is 2.99. The Kier molecular flexibility index (Phi) is 2.22. The molecule has 0 aliphatic carbocycles. The Balaban J connectivity index is 3.52. The molecule has 1 N–H and O–H groups in total. The van der Waals surface area contributed by atoms with Crippen LogP contribution >= 0.6 is 0 Å². The SMILES string of the molecule is CNc1c(C)c(=O)c(C)cn1C. The van der Waals surface area contributed by atoms with Gasteiger partial charge in [0, 0.05) is 31.4 Å². The maximum Gasteiger partial charge on any atom is 0.189 e. The number of hydrogen-bond donors (Lipinski definition) is 1. The summed E-state index contributed by atoms with van der Waals surface area (Å²) in [5.41, 5.74) is 1.69. The highest BCUT2D eigenvalue weighted by atomic mass is 16.1. The molecular weight excluding hydrogens is 152 g/mol. The number of rotatable bonds is 1. The van der Waals surface area contributed by atoms with E-state index in [0.717, 1.165) is 16.9 Å². The quantitative estimate of drug-likeness (QED) is 0.676. The number of nitrogens with zero attached hydrogens (tertiary/aromatic N) is 1. The van der Waals surface area contributed by atoms with Crippen LogP contribution in [-0.4, -0.2) is 11.6 Å². The predicted octanol–water partition coefficient (Wildman–Crippen LogP) is 1.04. The smallest absolute Gasteiger partial charge is 0.189 e. The number of nitrogens with one attached hydrogen (secondary N) is 1. The Morgan fingerprint density at radius 3 is 2.50 bits per heavy atom. The van der Waals surface area contributed by atoms with Crippen molar-refractivity contribution in [3.8, 4) is 0 Å². The third-order valence-electron chi connectivity index (χ3n) is 2.03. The van der Waals surface area contributed by atoms with Crippen LogP contribution in [0.25, 0.3) is 0 Å². The molecule has 1 aromatic heterocycles. The number of anilines is 1. The summed E-state index contributed by atoms with van der Waals surface area (Å²) in [7, 11) is 3.74. The summed E-state index contributed by atoms with van der Waals surface area (Å²) in [5.74, 6) is 0.880. The van der Waals surface area contributed by atoms with E-state index in [4.69, 9.17) is 0 Å². The normalized spacial score (nSPS) is 10.0. The minimum Gasteiger partial charge on any atom is -0.374 e. The van der Waals surface area contributed by atoms with Gasteiger partial charge >= 0.3 is 0 Å². The van der Waals surface area contributed by atoms with Crippen LogP contribution in [0.15, 0.2) is 11.0 Å². The Hall–Kier alpha value is -1.25. The van der Waals surface area contributed by atoms with E-state index in [2.05, 4.69) is 5.32 Å². The molecule has 1 rings (SSSR count). The molecule has 0 unspecified atom stereocenters. The van der Waals surface area contributed by atoms with E-state index in [0.29, 0.717) is 0 Å². The van der Waals surface area contributed by atoms with Gasteiger partial charge in [0.15, 0.2) is 5.43 Å². The molecule has 0 aromatic carbocycles. The zero-order valence-corrected chi connectivity index (χ0v) is 7.93. The van der Waals surface area contributed by atoms with Crippen LogP contribution < -0.4 is 10.7 Å². The Morgan fingerprint density at radius 2 is 2.00 bits per heavy atom. The van der Waals surface area contributed by atoms with E-state index >= 15 is 0 Å². The van der Waals surface area contributed by atoms with Crippen LogP contribution in [0.5, 0.6) is 0 Å². The van der Waals surface area contributed by atoms with E-state index in [9.17, 15) is 4.79 Å². The van der Waals surface area contributed by atoms with Gasteiger partial charge < -0.3 is 9.88 Å². The highest BCUT2D eigenvalue weighted by Crippen LogP contribution is 2.08. The highest BCUT2D eigenvalue weighted by molar-refractivity contribution is 5.45. The van der Waals surface area contributed by atoms with E-state index in [1.54, 1.807) is 0 Å². The van der Waals surface area contributed by atoms with E-state index in [1.165, 1.54) is 0 Å². The van der Waals surface area contributed by atoms with Crippen molar-refractivity contribution < 1.29 is 0 Å². The van der Waals surface area contributed by atoms with Crippen LogP contribution in [-0.2, 0) is 7.05 Å². The van der Waals surface area contributed by atoms with Gasteiger partial charge in [-0.3, -0.25) is 4.79 Å².